The summed E-state index contributed by atoms with van der Waals surface area (Å²) in [4.78, 5) is 18.3. The Morgan fingerprint density at radius 3 is 2.70 bits per heavy atom. The van der Waals surface area contributed by atoms with E-state index in [9.17, 15) is 4.79 Å². The number of aromatic amines is 1. The number of nitrogens with zero attached hydrogens (tertiary/aromatic N) is 1. The first-order valence-electron chi connectivity index (χ1n) is 6.53. The molecule has 0 aliphatic heterocycles. The van der Waals surface area contributed by atoms with Gasteiger partial charge in [-0.2, -0.15) is 0 Å². The fourth-order valence-electron chi connectivity index (χ4n) is 2.35. The van der Waals surface area contributed by atoms with Crippen LogP contribution in [0, 0.1) is 0 Å². The number of aldehydes is 1. The highest BCUT2D eigenvalue weighted by molar-refractivity contribution is 5.99. The van der Waals surface area contributed by atoms with Crippen molar-refractivity contribution < 1.29 is 4.79 Å². The van der Waals surface area contributed by atoms with Crippen molar-refractivity contribution in [2.24, 2.45) is 0 Å². The van der Waals surface area contributed by atoms with Crippen LogP contribution < -0.4 is 5.32 Å². The summed E-state index contributed by atoms with van der Waals surface area (Å²) in [5.74, 6) is 0.916. The van der Waals surface area contributed by atoms with E-state index in [4.69, 9.17) is 0 Å². The van der Waals surface area contributed by atoms with Gasteiger partial charge in [-0.25, -0.2) is 4.98 Å². The lowest BCUT2D eigenvalue weighted by Crippen LogP contribution is -2.14. The van der Waals surface area contributed by atoms with Gasteiger partial charge < -0.3 is 10.3 Å². The van der Waals surface area contributed by atoms with E-state index >= 15 is 0 Å². The van der Waals surface area contributed by atoms with Crippen LogP contribution in [0.15, 0.2) is 48.8 Å². The second kappa shape index (κ2) is 5.67. The van der Waals surface area contributed by atoms with Crippen molar-refractivity contribution in [1.29, 1.82) is 0 Å². The minimum absolute atomic E-state index is 0.691. The number of fused-ring (bicyclic) bond motifs is 1. The Morgan fingerprint density at radius 1 is 1.10 bits per heavy atom. The molecule has 4 nitrogen and oxygen atoms in total. The Morgan fingerprint density at radius 2 is 1.95 bits per heavy atom. The maximum Gasteiger partial charge on any atom is 0.150 e. The summed E-state index contributed by atoms with van der Waals surface area (Å²) in [6, 6.07) is 11.9. The molecule has 3 aromatic rings. The summed E-state index contributed by atoms with van der Waals surface area (Å²) < 4.78 is 0. The van der Waals surface area contributed by atoms with Gasteiger partial charge in [0.15, 0.2) is 6.29 Å². The second-order valence-electron chi connectivity index (χ2n) is 4.62. The summed E-state index contributed by atoms with van der Waals surface area (Å²) in [6.07, 6.45) is 4.46. The Balaban J connectivity index is 1.83. The van der Waals surface area contributed by atoms with Crippen molar-refractivity contribution in [1.82, 2.24) is 15.3 Å². The van der Waals surface area contributed by atoms with E-state index in [2.05, 4.69) is 15.3 Å². The SMILES string of the molecule is O=Cc1ccc(CNCc2ncc[nH]2)c2ccccc12. The van der Waals surface area contributed by atoms with Crippen molar-refractivity contribution in [3.63, 3.8) is 0 Å². The van der Waals surface area contributed by atoms with E-state index in [1.54, 1.807) is 6.20 Å². The van der Waals surface area contributed by atoms with Crippen LogP contribution in [0.1, 0.15) is 21.7 Å². The van der Waals surface area contributed by atoms with Crippen molar-refractivity contribution >= 4 is 17.1 Å². The number of H-pyrrole nitrogens is 1. The molecule has 0 aliphatic rings. The topological polar surface area (TPSA) is 57.8 Å². The fraction of sp³-hybridized carbons (Fsp3) is 0.125. The van der Waals surface area contributed by atoms with Crippen LogP contribution in [0.4, 0.5) is 0 Å². The molecule has 20 heavy (non-hydrogen) atoms. The molecular weight excluding hydrogens is 250 g/mol. The first kappa shape index (κ1) is 12.6. The van der Waals surface area contributed by atoms with E-state index in [1.165, 1.54) is 5.56 Å². The normalized spacial score (nSPS) is 10.8. The van der Waals surface area contributed by atoms with Gasteiger partial charge in [-0.1, -0.05) is 36.4 Å². The fourth-order valence-corrected chi connectivity index (χ4v) is 2.35. The number of hydrogen-bond acceptors (Lipinski definition) is 3. The van der Waals surface area contributed by atoms with Gasteiger partial charge in [0.2, 0.25) is 0 Å². The molecule has 0 spiro atoms. The Labute approximate surface area is 116 Å². The van der Waals surface area contributed by atoms with E-state index < -0.39 is 0 Å². The molecule has 0 amide bonds. The monoisotopic (exact) mass is 265 g/mol. The minimum Gasteiger partial charge on any atom is -0.348 e. The van der Waals surface area contributed by atoms with Crippen molar-refractivity contribution in [2.45, 2.75) is 13.1 Å². The van der Waals surface area contributed by atoms with E-state index in [-0.39, 0.29) is 0 Å². The van der Waals surface area contributed by atoms with Crippen LogP contribution in [0.2, 0.25) is 0 Å². The third-order valence-electron chi connectivity index (χ3n) is 3.34. The molecule has 0 fully saturated rings. The van der Waals surface area contributed by atoms with Crippen molar-refractivity contribution in [3.8, 4) is 0 Å². The zero-order valence-corrected chi connectivity index (χ0v) is 11.0. The molecule has 0 saturated carbocycles. The van der Waals surface area contributed by atoms with Gasteiger partial charge in [0.05, 0.1) is 6.54 Å². The molecule has 0 saturated heterocycles. The molecule has 4 heteroatoms. The number of aromatic nitrogens is 2. The zero-order valence-electron chi connectivity index (χ0n) is 11.0. The molecule has 100 valence electrons. The number of hydrogen-bond donors (Lipinski definition) is 2. The Bertz CT molecular complexity index is 720. The molecule has 1 heterocycles. The molecule has 2 aromatic carbocycles. The third kappa shape index (κ3) is 2.46. The van der Waals surface area contributed by atoms with Gasteiger partial charge in [0.1, 0.15) is 5.82 Å². The van der Waals surface area contributed by atoms with Gasteiger partial charge in [-0.15, -0.1) is 0 Å². The van der Waals surface area contributed by atoms with E-state index in [1.807, 2.05) is 42.6 Å². The predicted octanol–water partition coefficient (Wildman–Crippen LogP) is 2.67. The summed E-state index contributed by atoms with van der Waals surface area (Å²) in [6.45, 7) is 1.43. The molecule has 0 radical (unpaired) electrons. The molecule has 0 aliphatic carbocycles. The lowest BCUT2D eigenvalue weighted by Gasteiger charge is -2.09. The van der Waals surface area contributed by atoms with Gasteiger partial charge in [-0.3, -0.25) is 4.79 Å². The summed E-state index contributed by atoms with van der Waals surface area (Å²) in [5, 5.41) is 5.47. The standard InChI is InChI=1S/C16H15N3O/c20-11-13-6-5-12(14-3-1-2-4-15(13)14)9-17-10-16-18-7-8-19-16/h1-8,11,17H,9-10H2,(H,18,19). The summed E-state index contributed by atoms with van der Waals surface area (Å²) >= 11 is 0. The average molecular weight is 265 g/mol. The smallest absolute Gasteiger partial charge is 0.150 e. The number of carbonyl (C=O) groups is 1. The third-order valence-corrected chi connectivity index (χ3v) is 3.34. The van der Waals surface area contributed by atoms with Crippen molar-refractivity contribution in [2.75, 3.05) is 0 Å². The zero-order chi connectivity index (χ0) is 13.8. The first-order chi connectivity index (χ1) is 9.88. The minimum atomic E-state index is 0.691. The highest BCUT2D eigenvalue weighted by Crippen LogP contribution is 2.21. The van der Waals surface area contributed by atoms with Crippen LogP contribution in [-0.2, 0) is 13.1 Å². The van der Waals surface area contributed by atoms with Gasteiger partial charge >= 0.3 is 0 Å². The molecule has 3 rings (SSSR count). The number of imidazole rings is 1. The number of nitrogens with one attached hydrogen (secondary N) is 2. The molecule has 1 aromatic heterocycles. The largest absolute Gasteiger partial charge is 0.348 e. The average Bonchev–Trinajstić information content (AvgIpc) is 3.01. The molecular formula is C16H15N3O. The Kier molecular flexibility index (Phi) is 3.56. The van der Waals surface area contributed by atoms with Gasteiger partial charge in [-0.05, 0) is 16.3 Å². The van der Waals surface area contributed by atoms with Crippen LogP contribution in [-0.4, -0.2) is 16.3 Å². The lowest BCUT2D eigenvalue weighted by atomic mass is 10.00. The van der Waals surface area contributed by atoms with E-state index in [0.29, 0.717) is 6.54 Å². The van der Waals surface area contributed by atoms with Crippen LogP contribution in [0.3, 0.4) is 0 Å². The highest BCUT2D eigenvalue weighted by atomic mass is 16.1. The summed E-state index contributed by atoms with van der Waals surface area (Å²) in [7, 11) is 0. The van der Waals surface area contributed by atoms with Gasteiger partial charge in [0, 0.05) is 24.5 Å². The maximum absolute atomic E-state index is 11.1. The summed E-state index contributed by atoms with van der Waals surface area (Å²) in [5.41, 5.74) is 1.91. The lowest BCUT2D eigenvalue weighted by molar-refractivity contribution is 0.112. The number of carbonyl (C=O) groups excluding carboxylic acids is 1. The second-order valence-corrected chi connectivity index (χ2v) is 4.62. The highest BCUT2D eigenvalue weighted by Gasteiger charge is 2.05. The van der Waals surface area contributed by atoms with Crippen LogP contribution in [0.5, 0.6) is 0 Å². The van der Waals surface area contributed by atoms with Crippen molar-refractivity contribution in [3.05, 3.63) is 65.7 Å². The molecule has 0 bridgehead atoms. The predicted molar refractivity (Wildman–Crippen MR) is 78.5 cm³/mol. The maximum atomic E-state index is 11.1. The van der Waals surface area contributed by atoms with Crippen LogP contribution in [0.25, 0.3) is 10.8 Å². The molecule has 0 atom stereocenters. The molecule has 0 unspecified atom stereocenters. The quantitative estimate of drug-likeness (QED) is 0.697. The number of rotatable bonds is 5. The first-order valence-corrected chi connectivity index (χ1v) is 6.53. The van der Waals surface area contributed by atoms with E-state index in [0.717, 1.165) is 35.0 Å². The van der Waals surface area contributed by atoms with Crippen LogP contribution >= 0.6 is 0 Å². The molecule has 2 N–H and O–H groups in total. The number of benzene rings is 2. The Hall–Kier alpha value is -2.46. The van der Waals surface area contributed by atoms with Gasteiger partial charge in [0.25, 0.3) is 0 Å².